The molecular weight excluding hydrogens is 442 g/mol. The fraction of sp³-hybridized carbons (Fsp3) is 0.214. The van der Waals surface area contributed by atoms with E-state index in [2.05, 4.69) is 57.0 Å². The average molecular weight is 472 g/mol. The lowest BCUT2D eigenvalue weighted by atomic mass is 10.0. The number of para-hydroxylation sites is 1. The van der Waals surface area contributed by atoms with Crippen molar-refractivity contribution in [3.05, 3.63) is 102 Å². The molecule has 1 aliphatic heterocycles. The van der Waals surface area contributed by atoms with E-state index in [-0.39, 0.29) is 17.5 Å². The average Bonchev–Trinajstić information content (AvgIpc) is 3.28. The molecule has 0 bridgehead atoms. The lowest BCUT2D eigenvalue weighted by Gasteiger charge is -2.31. The van der Waals surface area contributed by atoms with E-state index in [1.165, 1.54) is 11.3 Å². The van der Waals surface area contributed by atoms with Gasteiger partial charge in [0.05, 0.1) is 10.9 Å². The first kappa shape index (κ1) is 22.4. The van der Waals surface area contributed by atoms with Gasteiger partial charge in [0.15, 0.2) is 0 Å². The fourth-order valence-corrected chi connectivity index (χ4v) is 5.77. The van der Waals surface area contributed by atoms with Crippen LogP contribution in [-0.4, -0.2) is 35.6 Å². The van der Waals surface area contributed by atoms with Crippen molar-refractivity contribution in [1.29, 1.82) is 0 Å². The SMILES string of the molecule is CN(C)c1ccc(C(CNS(=O)(=O)c2ccc3ccccc3c2)N2CCc3ccccc32)cc1. The molecule has 0 radical (unpaired) electrons. The molecule has 174 valence electrons. The molecule has 0 spiro atoms. The summed E-state index contributed by atoms with van der Waals surface area (Å²) in [6.45, 7) is 1.14. The highest BCUT2D eigenvalue weighted by Crippen LogP contribution is 2.35. The molecule has 5 rings (SSSR count). The normalized spacial score (nSPS) is 14.2. The number of sulfonamides is 1. The minimum absolute atomic E-state index is 0.116. The molecular formula is C28H29N3O2S. The van der Waals surface area contributed by atoms with E-state index in [9.17, 15) is 8.42 Å². The summed E-state index contributed by atoms with van der Waals surface area (Å²) < 4.78 is 29.5. The Morgan fingerprint density at radius 2 is 1.59 bits per heavy atom. The number of nitrogens with zero attached hydrogens (tertiary/aromatic N) is 2. The third-order valence-corrected chi connectivity index (χ3v) is 8.01. The molecule has 4 aromatic rings. The van der Waals surface area contributed by atoms with Crippen molar-refractivity contribution in [2.24, 2.45) is 0 Å². The summed E-state index contributed by atoms with van der Waals surface area (Å²) in [6, 6.07) is 29.7. The van der Waals surface area contributed by atoms with Gasteiger partial charge in [-0.15, -0.1) is 0 Å². The van der Waals surface area contributed by atoms with Crippen LogP contribution in [-0.2, 0) is 16.4 Å². The second kappa shape index (κ2) is 9.12. The Bertz CT molecular complexity index is 1420. The van der Waals surface area contributed by atoms with Gasteiger partial charge in [0.25, 0.3) is 0 Å². The Hall–Kier alpha value is -3.35. The molecule has 0 saturated heterocycles. The molecule has 1 N–H and O–H groups in total. The Kier molecular flexibility index (Phi) is 6.02. The number of hydrogen-bond donors (Lipinski definition) is 1. The zero-order valence-electron chi connectivity index (χ0n) is 19.5. The molecule has 34 heavy (non-hydrogen) atoms. The molecule has 5 nitrogen and oxygen atoms in total. The van der Waals surface area contributed by atoms with Gasteiger partial charge in [-0.2, -0.15) is 0 Å². The molecule has 1 heterocycles. The van der Waals surface area contributed by atoms with Gasteiger partial charge < -0.3 is 9.80 Å². The van der Waals surface area contributed by atoms with Gasteiger partial charge in [-0.1, -0.05) is 60.7 Å². The quantitative estimate of drug-likeness (QED) is 0.413. The van der Waals surface area contributed by atoms with Crippen LogP contribution in [0.1, 0.15) is 17.2 Å². The van der Waals surface area contributed by atoms with E-state index >= 15 is 0 Å². The highest BCUT2D eigenvalue weighted by atomic mass is 32.2. The van der Waals surface area contributed by atoms with Crippen molar-refractivity contribution < 1.29 is 8.42 Å². The van der Waals surface area contributed by atoms with Crippen LogP contribution in [0.3, 0.4) is 0 Å². The molecule has 6 heteroatoms. The van der Waals surface area contributed by atoms with Gasteiger partial charge in [0.2, 0.25) is 10.0 Å². The van der Waals surface area contributed by atoms with Crippen LogP contribution in [0.5, 0.6) is 0 Å². The number of benzene rings is 4. The van der Waals surface area contributed by atoms with Crippen LogP contribution in [0, 0.1) is 0 Å². The van der Waals surface area contributed by atoms with Gasteiger partial charge in [-0.05, 0) is 58.7 Å². The maximum atomic E-state index is 13.3. The molecule has 0 fully saturated rings. The molecule has 0 saturated carbocycles. The van der Waals surface area contributed by atoms with Crippen molar-refractivity contribution in [2.45, 2.75) is 17.4 Å². The summed E-state index contributed by atoms with van der Waals surface area (Å²) in [4.78, 5) is 4.67. The van der Waals surface area contributed by atoms with Crippen LogP contribution in [0.15, 0.2) is 95.9 Å². The minimum Gasteiger partial charge on any atom is -0.378 e. The Balaban J connectivity index is 1.45. The molecule has 0 aliphatic carbocycles. The van der Waals surface area contributed by atoms with Gasteiger partial charge in [0.1, 0.15) is 0 Å². The lowest BCUT2D eigenvalue weighted by molar-refractivity contribution is 0.563. The Morgan fingerprint density at radius 3 is 2.35 bits per heavy atom. The van der Waals surface area contributed by atoms with Gasteiger partial charge in [0, 0.05) is 38.6 Å². The van der Waals surface area contributed by atoms with Crippen molar-refractivity contribution in [2.75, 3.05) is 37.0 Å². The zero-order chi connectivity index (χ0) is 23.7. The van der Waals surface area contributed by atoms with E-state index in [0.29, 0.717) is 0 Å². The van der Waals surface area contributed by atoms with Crippen molar-refractivity contribution in [1.82, 2.24) is 4.72 Å². The van der Waals surface area contributed by atoms with E-state index in [1.54, 1.807) is 12.1 Å². The zero-order valence-corrected chi connectivity index (χ0v) is 20.3. The summed E-state index contributed by atoms with van der Waals surface area (Å²) >= 11 is 0. The summed E-state index contributed by atoms with van der Waals surface area (Å²) in [5.74, 6) is 0. The van der Waals surface area contributed by atoms with Crippen molar-refractivity contribution >= 4 is 32.2 Å². The first-order chi connectivity index (χ1) is 16.4. The fourth-order valence-electron chi connectivity index (χ4n) is 4.70. The van der Waals surface area contributed by atoms with Gasteiger partial charge >= 0.3 is 0 Å². The molecule has 1 atom stereocenters. The van der Waals surface area contributed by atoms with Gasteiger partial charge in [-0.3, -0.25) is 0 Å². The topological polar surface area (TPSA) is 52.7 Å². The van der Waals surface area contributed by atoms with E-state index in [1.807, 2.05) is 50.5 Å². The largest absolute Gasteiger partial charge is 0.378 e. The van der Waals surface area contributed by atoms with Crippen LogP contribution in [0.2, 0.25) is 0 Å². The maximum Gasteiger partial charge on any atom is 0.240 e. The molecule has 1 unspecified atom stereocenters. The van der Waals surface area contributed by atoms with E-state index in [0.717, 1.165) is 35.0 Å². The molecule has 0 aromatic heterocycles. The number of fused-ring (bicyclic) bond motifs is 2. The standard InChI is InChI=1S/C28H29N3O2S/c1-30(2)25-14-11-23(12-15-25)28(31-18-17-22-8-5-6-10-27(22)31)20-29-34(32,33)26-16-13-21-7-3-4-9-24(21)19-26/h3-16,19,28-29H,17-18,20H2,1-2H3. The molecule has 0 amide bonds. The van der Waals surface area contributed by atoms with E-state index < -0.39 is 10.0 Å². The summed E-state index contributed by atoms with van der Waals surface area (Å²) in [5.41, 5.74) is 4.67. The number of nitrogens with one attached hydrogen (secondary N) is 1. The predicted molar refractivity (Wildman–Crippen MR) is 140 cm³/mol. The summed E-state index contributed by atoms with van der Waals surface area (Å²) in [7, 11) is 0.361. The second-order valence-corrected chi connectivity index (χ2v) is 10.7. The smallest absolute Gasteiger partial charge is 0.240 e. The first-order valence-corrected chi connectivity index (χ1v) is 13.0. The number of rotatable bonds is 7. The third kappa shape index (κ3) is 4.39. The number of hydrogen-bond acceptors (Lipinski definition) is 4. The molecule has 4 aromatic carbocycles. The highest BCUT2D eigenvalue weighted by Gasteiger charge is 2.28. The monoisotopic (exact) mass is 471 g/mol. The highest BCUT2D eigenvalue weighted by molar-refractivity contribution is 7.89. The maximum absolute atomic E-state index is 13.3. The van der Waals surface area contributed by atoms with Crippen LogP contribution in [0.4, 0.5) is 11.4 Å². The van der Waals surface area contributed by atoms with Crippen molar-refractivity contribution in [3.63, 3.8) is 0 Å². The number of anilines is 2. The van der Waals surface area contributed by atoms with Crippen LogP contribution >= 0.6 is 0 Å². The minimum atomic E-state index is -3.67. The third-order valence-electron chi connectivity index (χ3n) is 6.59. The lowest BCUT2D eigenvalue weighted by Crippen LogP contribution is -2.37. The Morgan fingerprint density at radius 1 is 0.882 bits per heavy atom. The van der Waals surface area contributed by atoms with Crippen LogP contribution < -0.4 is 14.5 Å². The van der Waals surface area contributed by atoms with Gasteiger partial charge in [-0.25, -0.2) is 13.1 Å². The molecule has 1 aliphatic rings. The summed E-state index contributed by atoms with van der Waals surface area (Å²) in [5, 5.41) is 1.93. The summed E-state index contributed by atoms with van der Waals surface area (Å²) in [6.07, 6.45) is 0.958. The predicted octanol–water partition coefficient (Wildman–Crippen LogP) is 4.99. The first-order valence-electron chi connectivity index (χ1n) is 11.5. The van der Waals surface area contributed by atoms with Crippen molar-refractivity contribution in [3.8, 4) is 0 Å². The second-order valence-electron chi connectivity index (χ2n) is 8.93. The Labute approximate surface area is 201 Å². The van der Waals surface area contributed by atoms with Crippen LogP contribution in [0.25, 0.3) is 10.8 Å². The van der Waals surface area contributed by atoms with E-state index in [4.69, 9.17) is 0 Å².